The van der Waals surface area contributed by atoms with E-state index in [4.69, 9.17) is 4.74 Å². The highest BCUT2D eigenvalue weighted by atomic mass is 19.1. The van der Waals surface area contributed by atoms with Crippen molar-refractivity contribution in [3.63, 3.8) is 0 Å². The van der Waals surface area contributed by atoms with Crippen LogP contribution in [0.2, 0.25) is 0 Å². The van der Waals surface area contributed by atoms with Crippen LogP contribution >= 0.6 is 0 Å². The zero-order chi connectivity index (χ0) is 20.5. The average Bonchev–Trinajstić information content (AvgIpc) is 2.70. The summed E-state index contributed by atoms with van der Waals surface area (Å²) in [6, 6.07) is 12.9. The predicted octanol–water partition coefficient (Wildman–Crippen LogP) is 3.25. The van der Waals surface area contributed by atoms with E-state index in [1.807, 2.05) is 12.1 Å². The highest BCUT2D eigenvalue weighted by molar-refractivity contribution is 5.96. The van der Waals surface area contributed by atoms with Crippen molar-refractivity contribution in [2.24, 2.45) is 0 Å². The van der Waals surface area contributed by atoms with E-state index in [9.17, 15) is 18.8 Å². The normalized spacial score (nSPS) is 11.4. The maximum Gasteiger partial charge on any atom is 0.325 e. The molecule has 0 aromatic heterocycles. The molecule has 0 unspecified atom stereocenters. The van der Waals surface area contributed by atoms with Gasteiger partial charge in [0.15, 0.2) is 6.61 Å². The third-order valence-electron chi connectivity index (χ3n) is 4.25. The molecular formula is C21H23FN2O4. The number of esters is 1. The van der Waals surface area contributed by atoms with Gasteiger partial charge in [-0.3, -0.25) is 14.4 Å². The van der Waals surface area contributed by atoms with Crippen LogP contribution in [0.5, 0.6) is 0 Å². The van der Waals surface area contributed by atoms with Gasteiger partial charge in [0.05, 0.1) is 5.56 Å². The maximum absolute atomic E-state index is 13.5. The molecule has 28 heavy (non-hydrogen) atoms. The smallest absolute Gasteiger partial charge is 0.325 e. The molecule has 0 saturated carbocycles. The largest absolute Gasteiger partial charge is 0.454 e. The molecule has 2 amide bonds. The molecule has 2 N–H and O–H groups in total. The Morgan fingerprint density at radius 3 is 2.39 bits per heavy atom. The molecule has 0 saturated heterocycles. The predicted molar refractivity (Wildman–Crippen MR) is 103 cm³/mol. The van der Waals surface area contributed by atoms with Gasteiger partial charge in [0, 0.05) is 5.69 Å². The summed E-state index contributed by atoms with van der Waals surface area (Å²) in [6.45, 7) is 3.27. The zero-order valence-electron chi connectivity index (χ0n) is 15.8. The number of hydrogen-bond donors (Lipinski definition) is 2. The fraction of sp³-hybridized carbons (Fsp3) is 0.286. The molecular weight excluding hydrogens is 363 g/mol. The van der Waals surface area contributed by atoms with Gasteiger partial charge in [0.1, 0.15) is 12.4 Å². The monoisotopic (exact) mass is 386 g/mol. The van der Waals surface area contributed by atoms with Crippen molar-refractivity contribution >= 4 is 23.5 Å². The van der Waals surface area contributed by atoms with E-state index in [1.54, 1.807) is 12.1 Å². The van der Waals surface area contributed by atoms with E-state index in [1.165, 1.54) is 23.8 Å². The van der Waals surface area contributed by atoms with Gasteiger partial charge in [-0.25, -0.2) is 4.39 Å². The lowest BCUT2D eigenvalue weighted by Crippen LogP contribution is -2.32. The second kappa shape index (κ2) is 10.2. The van der Waals surface area contributed by atoms with Crippen molar-refractivity contribution in [2.45, 2.75) is 26.2 Å². The van der Waals surface area contributed by atoms with Crippen LogP contribution in [-0.4, -0.2) is 30.9 Å². The Hall–Kier alpha value is -3.22. The Balaban J connectivity index is 1.74. The first-order valence-corrected chi connectivity index (χ1v) is 8.98. The van der Waals surface area contributed by atoms with Crippen molar-refractivity contribution in [3.05, 3.63) is 65.5 Å². The Kier molecular flexibility index (Phi) is 7.68. The van der Waals surface area contributed by atoms with Crippen LogP contribution in [0.15, 0.2) is 48.5 Å². The molecule has 2 aromatic carbocycles. The van der Waals surface area contributed by atoms with Crippen molar-refractivity contribution in [3.8, 4) is 0 Å². The summed E-state index contributed by atoms with van der Waals surface area (Å²) < 4.78 is 18.3. The van der Waals surface area contributed by atoms with Gasteiger partial charge in [-0.15, -0.1) is 0 Å². The van der Waals surface area contributed by atoms with E-state index >= 15 is 0 Å². The standard InChI is InChI=1S/C21H23FN2O4/c1-3-14(2)15-8-10-16(11-9-15)24-19(25)13-28-20(26)12-23-21(27)17-6-4-5-7-18(17)22/h4-11,14H,3,12-13H2,1-2H3,(H,23,27)(H,24,25)/t14-/m0/s1. The van der Waals surface area contributed by atoms with Crippen LogP contribution in [0.1, 0.15) is 42.1 Å². The summed E-state index contributed by atoms with van der Waals surface area (Å²) in [5.74, 6) is -2.28. The molecule has 6 nitrogen and oxygen atoms in total. The van der Waals surface area contributed by atoms with E-state index in [-0.39, 0.29) is 5.56 Å². The highest BCUT2D eigenvalue weighted by Gasteiger charge is 2.13. The second-order valence-corrected chi connectivity index (χ2v) is 6.30. The minimum absolute atomic E-state index is 0.172. The van der Waals surface area contributed by atoms with E-state index in [0.717, 1.165) is 12.5 Å². The highest BCUT2D eigenvalue weighted by Crippen LogP contribution is 2.20. The van der Waals surface area contributed by atoms with Crippen LogP contribution in [0.4, 0.5) is 10.1 Å². The molecule has 0 spiro atoms. The maximum atomic E-state index is 13.5. The molecule has 0 fully saturated rings. The molecule has 148 valence electrons. The van der Waals surface area contributed by atoms with Crippen molar-refractivity contribution in [1.82, 2.24) is 5.32 Å². The number of benzene rings is 2. The van der Waals surface area contributed by atoms with E-state index in [0.29, 0.717) is 11.6 Å². The van der Waals surface area contributed by atoms with Crippen LogP contribution in [0.3, 0.4) is 0 Å². The molecule has 0 radical (unpaired) electrons. The van der Waals surface area contributed by atoms with Gasteiger partial charge in [0.2, 0.25) is 0 Å². The van der Waals surface area contributed by atoms with Gasteiger partial charge in [0.25, 0.3) is 11.8 Å². The minimum atomic E-state index is -0.799. The van der Waals surface area contributed by atoms with Crippen molar-refractivity contribution in [1.29, 1.82) is 0 Å². The molecule has 0 aliphatic heterocycles. The Morgan fingerprint density at radius 2 is 1.75 bits per heavy atom. The third-order valence-corrected chi connectivity index (χ3v) is 4.25. The number of nitrogens with one attached hydrogen (secondary N) is 2. The fourth-order valence-electron chi connectivity index (χ4n) is 2.42. The number of rotatable bonds is 8. The summed E-state index contributed by atoms with van der Waals surface area (Å²) in [6.07, 6.45) is 1.02. The van der Waals surface area contributed by atoms with Gasteiger partial charge >= 0.3 is 5.97 Å². The SMILES string of the molecule is CC[C@H](C)c1ccc(NC(=O)COC(=O)CNC(=O)c2ccccc2F)cc1. The first-order valence-electron chi connectivity index (χ1n) is 8.98. The molecule has 1 atom stereocenters. The van der Waals surface area contributed by atoms with Crippen LogP contribution < -0.4 is 10.6 Å². The summed E-state index contributed by atoms with van der Waals surface area (Å²) in [5, 5.41) is 4.88. The quantitative estimate of drug-likeness (QED) is 0.682. The Bertz CT molecular complexity index is 837. The Labute approximate surface area is 163 Å². The molecule has 0 heterocycles. The lowest BCUT2D eigenvalue weighted by Gasteiger charge is -2.11. The third kappa shape index (κ3) is 6.19. The number of anilines is 1. The summed E-state index contributed by atoms with van der Waals surface area (Å²) in [5.41, 5.74) is 1.60. The molecule has 7 heteroatoms. The van der Waals surface area contributed by atoms with Crippen molar-refractivity contribution in [2.75, 3.05) is 18.5 Å². The molecule has 2 rings (SSSR count). The van der Waals surface area contributed by atoms with Gasteiger partial charge in [-0.1, -0.05) is 38.1 Å². The number of hydrogen-bond acceptors (Lipinski definition) is 4. The molecule has 0 aliphatic rings. The first-order chi connectivity index (χ1) is 13.4. The van der Waals surface area contributed by atoms with E-state index in [2.05, 4.69) is 24.5 Å². The molecule has 2 aromatic rings. The van der Waals surface area contributed by atoms with Crippen LogP contribution in [-0.2, 0) is 14.3 Å². The molecule has 0 bridgehead atoms. The number of carbonyl (C=O) groups is 3. The van der Waals surface area contributed by atoms with Gasteiger partial charge < -0.3 is 15.4 Å². The summed E-state index contributed by atoms with van der Waals surface area (Å²) >= 11 is 0. The van der Waals surface area contributed by atoms with E-state index < -0.39 is 36.8 Å². The van der Waals surface area contributed by atoms with Crippen molar-refractivity contribution < 1.29 is 23.5 Å². The number of carbonyl (C=O) groups excluding carboxylic acids is 3. The number of amides is 2. The summed E-state index contributed by atoms with van der Waals surface area (Å²) in [7, 11) is 0. The Morgan fingerprint density at radius 1 is 1.07 bits per heavy atom. The number of halogens is 1. The zero-order valence-corrected chi connectivity index (χ0v) is 15.8. The first kappa shape index (κ1) is 21.1. The minimum Gasteiger partial charge on any atom is -0.454 e. The van der Waals surface area contributed by atoms with Gasteiger partial charge in [-0.2, -0.15) is 0 Å². The fourth-order valence-corrected chi connectivity index (χ4v) is 2.42. The summed E-state index contributed by atoms with van der Waals surface area (Å²) in [4.78, 5) is 35.3. The topological polar surface area (TPSA) is 84.5 Å². The van der Waals surface area contributed by atoms with Gasteiger partial charge in [-0.05, 0) is 42.2 Å². The van der Waals surface area contributed by atoms with Crippen LogP contribution in [0, 0.1) is 5.82 Å². The second-order valence-electron chi connectivity index (χ2n) is 6.30. The number of ether oxygens (including phenoxy) is 1. The molecule has 0 aliphatic carbocycles. The van der Waals surface area contributed by atoms with Crippen LogP contribution in [0.25, 0.3) is 0 Å². The average molecular weight is 386 g/mol. The lowest BCUT2D eigenvalue weighted by molar-refractivity contribution is -0.146. The lowest BCUT2D eigenvalue weighted by atomic mass is 9.99.